The Balaban J connectivity index is 2.03. The summed E-state index contributed by atoms with van der Waals surface area (Å²) in [6, 6.07) is 9.29. The summed E-state index contributed by atoms with van der Waals surface area (Å²) in [5.41, 5.74) is 3.03. The lowest BCUT2D eigenvalue weighted by atomic mass is 9.79. The van der Waals surface area contributed by atoms with Gasteiger partial charge in [-0.05, 0) is 42.2 Å². The molecular weight excluding hydrogens is 180 g/mol. The maximum Gasteiger partial charge on any atom is -0.0162 e. The zero-order valence-corrected chi connectivity index (χ0v) is 10.00. The van der Waals surface area contributed by atoms with Gasteiger partial charge in [-0.15, -0.1) is 0 Å². The monoisotopic (exact) mass is 202 g/mol. The lowest BCUT2D eigenvalue weighted by Crippen LogP contribution is -2.10. The summed E-state index contributed by atoms with van der Waals surface area (Å²) >= 11 is 0. The fourth-order valence-electron chi connectivity index (χ4n) is 2.62. The second kappa shape index (κ2) is 4.83. The van der Waals surface area contributed by atoms with Gasteiger partial charge in [-0.3, -0.25) is 0 Å². The Bertz CT molecular complexity index is 288. The molecule has 0 aliphatic heterocycles. The van der Waals surface area contributed by atoms with E-state index in [2.05, 4.69) is 38.1 Å². The van der Waals surface area contributed by atoms with E-state index in [1.54, 1.807) is 5.56 Å². The Kier molecular flexibility index (Phi) is 3.45. The second-order valence-electron chi connectivity index (χ2n) is 5.05. The molecule has 1 aliphatic carbocycles. The predicted octanol–water partition coefficient (Wildman–Crippen LogP) is 4.54. The average molecular weight is 202 g/mol. The molecule has 0 nitrogen and oxygen atoms in total. The van der Waals surface area contributed by atoms with Crippen molar-refractivity contribution < 1.29 is 0 Å². The van der Waals surface area contributed by atoms with Gasteiger partial charge in [0.05, 0.1) is 0 Å². The van der Waals surface area contributed by atoms with E-state index in [1.807, 2.05) is 0 Å². The summed E-state index contributed by atoms with van der Waals surface area (Å²) < 4.78 is 0. The van der Waals surface area contributed by atoms with Crippen molar-refractivity contribution in [3.8, 4) is 0 Å². The fourth-order valence-corrected chi connectivity index (χ4v) is 2.62. The first-order chi connectivity index (χ1) is 7.29. The van der Waals surface area contributed by atoms with Gasteiger partial charge in [-0.25, -0.2) is 0 Å². The van der Waals surface area contributed by atoms with Crippen LogP contribution in [0.2, 0.25) is 0 Å². The Morgan fingerprint density at radius 2 is 1.60 bits per heavy atom. The molecule has 0 spiro atoms. The SMILES string of the molecule is CCc1ccc(C2CCC(C)CC2)cc1. The number of aryl methyl sites for hydroxylation is 1. The predicted molar refractivity (Wildman–Crippen MR) is 66.2 cm³/mol. The van der Waals surface area contributed by atoms with Gasteiger partial charge in [0.2, 0.25) is 0 Å². The summed E-state index contributed by atoms with van der Waals surface area (Å²) in [7, 11) is 0. The molecule has 0 unspecified atom stereocenters. The maximum atomic E-state index is 2.39. The number of rotatable bonds is 2. The molecule has 2 rings (SSSR count). The van der Waals surface area contributed by atoms with Crippen LogP contribution >= 0.6 is 0 Å². The van der Waals surface area contributed by atoms with Crippen molar-refractivity contribution >= 4 is 0 Å². The van der Waals surface area contributed by atoms with Crippen molar-refractivity contribution in [1.82, 2.24) is 0 Å². The molecule has 0 radical (unpaired) electrons. The lowest BCUT2D eigenvalue weighted by molar-refractivity contribution is 0.348. The molecule has 0 atom stereocenters. The van der Waals surface area contributed by atoms with Gasteiger partial charge in [0.15, 0.2) is 0 Å². The minimum absolute atomic E-state index is 0.840. The van der Waals surface area contributed by atoms with E-state index in [1.165, 1.54) is 31.2 Å². The summed E-state index contributed by atoms with van der Waals surface area (Å²) in [5, 5.41) is 0. The quantitative estimate of drug-likeness (QED) is 0.660. The first-order valence-electron chi connectivity index (χ1n) is 6.38. The molecule has 1 aliphatic rings. The Hall–Kier alpha value is -0.780. The van der Waals surface area contributed by atoms with Crippen molar-refractivity contribution in [2.24, 2.45) is 5.92 Å². The van der Waals surface area contributed by atoms with Gasteiger partial charge >= 0.3 is 0 Å². The largest absolute Gasteiger partial charge is 0.0625 e. The highest BCUT2D eigenvalue weighted by atomic mass is 14.2. The van der Waals surface area contributed by atoms with Crippen LogP contribution in [-0.2, 0) is 6.42 Å². The zero-order chi connectivity index (χ0) is 10.7. The molecule has 0 heterocycles. The van der Waals surface area contributed by atoms with Crippen molar-refractivity contribution in [3.63, 3.8) is 0 Å². The number of benzene rings is 1. The Labute approximate surface area is 93.7 Å². The van der Waals surface area contributed by atoms with Gasteiger partial charge in [0.25, 0.3) is 0 Å². The minimum Gasteiger partial charge on any atom is -0.0625 e. The smallest absolute Gasteiger partial charge is 0.0162 e. The van der Waals surface area contributed by atoms with Crippen LogP contribution in [0.5, 0.6) is 0 Å². The van der Waals surface area contributed by atoms with E-state index in [-0.39, 0.29) is 0 Å². The third kappa shape index (κ3) is 2.62. The van der Waals surface area contributed by atoms with E-state index in [0.717, 1.165) is 18.3 Å². The van der Waals surface area contributed by atoms with Crippen LogP contribution in [-0.4, -0.2) is 0 Å². The molecule has 0 saturated heterocycles. The topological polar surface area (TPSA) is 0 Å². The normalized spacial score (nSPS) is 26.5. The van der Waals surface area contributed by atoms with Crippen molar-refractivity contribution in [2.45, 2.75) is 51.9 Å². The van der Waals surface area contributed by atoms with E-state index < -0.39 is 0 Å². The molecule has 1 saturated carbocycles. The van der Waals surface area contributed by atoms with Crippen LogP contribution in [0.25, 0.3) is 0 Å². The number of hydrogen-bond acceptors (Lipinski definition) is 0. The Morgan fingerprint density at radius 3 is 2.13 bits per heavy atom. The van der Waals surface area contributed by atoms with Gasteiger partial charge in [-0.2, -0.15) is 0 Å². The summed E-state index contributed by atoms with van der Waals surface area (Å²) in [5.74, 6) is 1.79. The van der Waals surface area contributed by atoms with Crippen molar-refractivity contribution in [2.75, 3.05) is 0 Å². The third-order valence-corrected chi connectivity index (χ3v) is 3.88. The Morgan fingerprint density at radius 1 is 1.00 bits per heavy atom. The molecule has 1 fully saturated rings. The van der Waals surface area contributed by atoms with E-state index >= 15 is 0 Å². The summed E-state index contributed by atoms with van der Waals surface area (Å²) in [6.45, 7) is 4.60. The minimum atomic E-state index is 0.840. The first-order valence-corrected chi connectivity index (χ1v) is 6.38. The highest BCUT2D eigenvalue weighted by Gasteiger charge is 2.19. The van der Waals surface area contributed by atoms with Gasteiger partial charge in [0, 0.05) is 0 Å². The van der Waals surface area contributed by atoms with Crippen molar-refractivity contribution in [3.05, 3.63) is 35.4 Å². The molecule has 15 heavy (non-hydrogen) atoms. The highest BCUT2D eigenvalue weighted by molar-refractivity contribution is 5.25. The molecule has 0 bridgehead atoms. The molecule has 0 aromatic heterocycles. The van der Waals surface area contributed by atoms with Crippen LogP contribution in [0.15, 0.2) is 24.3 Å². The standard InChI is InChI=1S/C15H22/c1-3-13-6-10-15(11-7-13)14-8-4-12(2)5-9-14/h6-7,10-12,14H,3-5,8-9H2,1-2H3. The first kappa shape index (κ1) is 10.7. The van der Waals surface area contributed by atoms with E-state index in [4.69, 9.17) is 0 Å². The van der Waals surface area contributed by atoms with Crippen LogP contribution in [0.3, 0.4) is 0 Å². The molecule has 1 aromatic rings. The van der Waals surface area contributed by atoms with Crippen LogP contribution in [0, 0.1) is 5.92 Å². The van der Waals surface area contributed by atoms with Crippen molar-refractivity contribution in [1.29, 1.82) is 0 Å². The molecule has 82 valence electrons. The highest BCUT2D eigenvalue weighted by Crippen LogP contribution is 2.35. The molecule has 0 heteroatoms. The van der Waals surface area contributed by atoms with Crippen LogP contribution in [0.4, 0.5) is 0 Å². The van der Waals surface area contributed by atoms with E-state index in [0.29, 0.717) is 0 Å². The summed E-state index contributed by atoms with van der Waals surface area (Å²) in [6.07, 6.45) is 6.78. The molecule has 0 N–H and O–H groups in total. The molecule has 1 aromatic carbocycles. The molecular formula is C15H22. The van der Waals surface area contributed by atoms with Crippen LogP contribution < -0.4 is 0 Å². The van der Waals surface area contributed by atoms with Gasteiger partial charge in [0.1, 0.15) is 0 Å². The number of hydrogen-bond donors (Lipinski definition) is 0. The summed E-state index contributed by atoms with van der Waals surface area (Å²) in [4.78, 5) is 0. The average Bonchev–Trinajstić information content (AvgIpc) is 2.30. The fraction of sp³-hybridized carbons (Fsp3) is 0.600. The second-order valence-corrected chi connectivity index (χ2v) is 5.05. The van der Waals surface area contributed by atoms with Gasteiger partial charge < -0.3 is 0 Å². The molecule has 0 amide bonds. The maximum absolute atomic E-state index is 2.39. The lowest BCUT2D eigenvalue weighted by Gasteiger charge is -2.26. The van der Waals surface area contributed by atoms with Crippen LogP contribution in [0.1, 0.15) is 56.6 Å². The zero-order valence-electron chi connectivity index (χ0n) is 10.00. The van der Waals surface area contributed by atoms with E-state index in [9.17, 15) is 0 Å². The van der Waals surface area contributed by atoms with Gasteiger partial charge in [-0.1, -0.05) is 51.0 Å². The third-order valence-electron chi connectivity index (χ3n) is 3.88.